The molecule has 0 bridgehead atoms. The molecule has 0 amide bonds. The second-order valence-corrected chi connectivity index (χ2v) is 2.52. The lowest BCUT2D eigenvalue weighted by molar-refractivity contribution is 0.928. The highest BCUT2D eigenvalue weighted by Gasteiger charge is 2.02. The first-order valence-electron chi connectivity index (χ1n) is 3.63. The second kappa shape index (κ2) is 4.54. The van der Waals surface area contributed by atoms with Gasteiger partial charge in [-0.1, -0.05) is 30.4 Å². The van der Waals surface area contributed by atoms with E-state index in [2.05, 4.69) is 5.10 Å². The highest BCUT2D eigenvalue weighted by atomic mass is 32.1. The molecule has 4 nitrogen and oxygen atoms in total. The minimum absolute atomic E-state index is 0.721. The number of hydrazone groups is 1. The van der Waals surface area contributed by atoms with E-state index in [4.69, 9.17) is 23.8 Å². The zero-order valence-corrected chi connectivity index (χ0v) is 7.74. The molecule has 68 valence electrons. The van der Waals surface area contributed by atoms with Crippen molar-refractivity contribution in [3.63, 3.8) is 0 Å². The van der Waals surface area contributed by atoms with E-state index in [0.717, 1.165) is 17.6 Å². The molecule has 1 rings (SSSR count). The number of hydrogen-bond acceptors (Lipinski definition) is 4. The van der Waals surface area contributed by atoms with Crippen LogP contribution in [0, 0.1) is 0 Å². The number of rotatable bonds is 3. The molecule has 0 fully saturated rings. The van der Waals surface area contributed by atoms with Gasteiger partial charge in [-0.05, 0) is 6.07 Å². The molecular weight excluding hydrogens is 184 g/mol. The fraction of sp³-hybridized carbons (Fsp3) is 0. The quantitative estimate of drug-likeness (QED) is 0.243. The normalized spacial score (nSPS) is 10.2. The summed E-state index contributed by atoms with van der Waals surface area (Å²) < 4.78 is 0. The number of hydrazine groups is 1. The van der Waals surface area contributed by atoms with Crippen LogP contribution >= 0.6 is 12.2 Å². The van der Waals surface area contributed by atoms with Gasteiger partial charge in [0.15, 0.2) is 0 Å². The molecule has 0 aliphatic rings. The first kappa shape index (κ1) is 9.63. The SMILES string of the molecule is N/C=N\N(N)c1ccccc1C=S. The van der Waals surface area contributed by atoms with Gasteiger partial charge in [-0.3, -0.25) is 0 Å². The molecule has 0 aromatic heterocycles. The lowest BCUT2D eigenvalue weighted by atomic mass is 10.2. The Morgan fingerprint density at radius 3 is 2.69 bits per heavy atom. The molecular formula is C8H10N4S. The Labute approximate surface area is 81.8 Å². The van der Waals surface area contributed by atoms with Crippen LogP contribution in [0.4, 0.5) is 5.69 Å². The maximum Gasteiger partial charge on any atom is 0.108 e. The fourth-order valence-electron chi connectivity index (χ4n) is 0.930. The van der Waals surface area contributed by atoms with Crippen LogP contribution in [0.5, 0.6) is 0 Å². The van der Waals surface area contributed by atoms with Crippen LogP contribution in [0.3, 0.4) is 0 Å². The summed E-state index contributed by atoms with van der Waals surface area (Å²) in [5.74, 6) is 5.57. The Bertz CT molecular complexity index is 324. The summed E-state index contributed by atoms with van der Waals surface area (Å²) in [6.45, 7) is 0. The summed E-state index contributed by atoms with van der Waals surface area (Å²) in [6.07, 6.45) is 1.13. The Hall–Kier alpha value is -1.46. The van der Waals surface area contributed by atoms with Crippen molar-refractivity contribution >= 4 is 29.6 Å². The van der Waals surface area contributed by atoms with Crippen molar-refractivity contribution in [1.82, 2.24) is 0 Å². The maximum atomic E-state index is 5.57. The number of anilines is 1. The van der Waals surface area contributed by atoms with Gasteiger partial charge in [0, 0.05) is 10.9 Å². The van der Waals surface area contributed by atoms with Crippen molar-refractivity contribution in [3.8, 4) is 0 Å². The first-order valence-corrected chi connectivity index (χ1v) is 4.10. The maximum absolute atomic E-state index is 5.57. The molecule has 0 unspecified atom stereocenters. The first-order chi connectivity index (χ1) is 6.29. The average molecular weight is 194 g/mol. The van der Waals surface area contributed by atoms with Crippen molar-refractivity contribution in [1.29, 1.82) is 0 Å². The van der Waals surface area contributed by atoms with E-state index >= 15 is 0 Å². The molecule has 0 aliphatic carbocycles. The molecule has 0 heterocycles. The summed E-state index contributed by atoms with van der Waals surface area (Å²) >= 11 is 4.82. The van der Waals surface area contributed by atoms with E-state index in [9.17, 15) is 0 Å². The summed E-state index contributed by atoms with van der Waals surface area (Å²) in [6, 6.07) is 7.39. The van der Waals surface area contributed by atoms with Gasteiger partial charge >= 0.3 is 0 Å². The highest BCUT2D eigenvalue weighted by Crippen LogP contribution is 2.15. The number of benzene rings is 1. The number of nitrogens with two attached hydrogens (primary N) is 2. The van der Waals surface area contributed by atoms with Gasteiger partial charge in [0.05, 0.1) is 5.69 Å². The van der Waals surface area contributed by atoms with Gasteiger partial charge in [0.1, 0.15) is 6.34 Å². The van der Waals surface area contributed by atoms with E-state index in [-0.39, 0.29) is 0 Å². The van der Waals surface area contributed by atoms with Crippen molar-refractivity contribution in [2.24, 2.45) is 16.7 Å². The van der Waals surface area contributed by atoms with Crippen LogP contribution in [-0.2, 0) is 0 Å². The Balaban J connectivity index is 3.05. The lowest BCUT2D eigenvalue weighted by Gasteiger charge is -2.13. The Morgan fingerprint density at radius 2 is 2.08 bits per heavy atom. The van der Waals surface area contributed by atoms with E-state index < -0.39 is 0 Å². The molecule has 4 N–H and O–H groups in total. The van der Waals surface area contributed by atoms with E-state index in [0.29, 0.717) is 0 Å². The lowest BCUT2D eigenvalue weighted by Crippen LogP contribution is -2.26. The highest BCUT2D eigenvalue weighted by molar-refractivity contribution is 7.79. The van der Waals surface area contributed by atoms with Crippen LogP contribution in [-0.4, -0.2) is 11.7 Å². The van der Waals surface area contributed by atoms with Gasteiger partial charge < -0.3 is 5.73 Å². The van der Waals surface area contributed by atoms with Crippen LogP contribution < -0.4 is 16.7 Å². The molecule has 0 radical (unpaired) electrons. The standard InChI is InChI=1S/C8H10N4S/c9-6-11-12(10)8-4-2-1-3-7(8)5-13/h1-6H,10H2,(H2,9,11). The predicted octanol–water partition coefficient (Wildman–Crippen LogP) is 0.616. The number of thiocarbonyl (C=S) groups is 1. The van der Waals surface area contributed by atoms with Crippen molar-refractivity contribution < 1.29 is 0 Å². The largest absolute Gasteiger partial charge is 0.388 e. The van der Waals surface area contributed by atoms with E-state index in [1.165, 1.54) is 5.12 Å². The summed E-state index contributed by atoms with van der Waals surface area (Å²) in [5, 5.41) is 6.42. The Kier molecular flexibility index (Phi) is 3.36. The topological polar surface area (TPSA) is 67.6 Å². The molecule has 0 aliphatic heterocycles. The predicted molar refractivity (Wildman–Crippen MR) is 58.5 cm³/mol. The van der Waals surface area contributed by atoms with Crippen molar-refractivity contribution in [3.05, 3.63) is 29.8 Å². The van der Waals surface area contributed by atoms with Crippen molar-refractivity contribution in [2.75, 3.05) is 5.12 Å². The summed E-state index contributed by atoms with van der Waals surface area (Å²) in [7, 11) is 0. The number of para-hydroxylation sites is 1. The Morgan fingerprint density at radius 1 is 1.38 bits per heavy atom. The number of hydrogen-bond donors (Lipinski definition) is 2. The van der Waals surface area contributed by atoms with Crippen molar-refractivity contribution in [2.45, 2.75) is 0 Å². The summed E-state index contributed by atoms with van der Waals surface area (Å²) in [5.41, 5.74) is 6.67. The van der Waals surface area contributed by atoms with Gasteiger partial charge in [0.25, 0.3) is 0 Å². The third-order valence-electron chi connectivity index (χ3n) is 1.50. The van der Waals surface area contributed by atoms with Crippen LogP contribution in [0.25, 0.3) is 0 Å². The van der Waals surface area contributed by atoms with Gasteiger partial charge in [0.2, 0.25) is 0 Å². The molecule has 0 spiro atoms. The third kappa shape index (κ3) is 2.24. The van der Waals surface area contributed by atoms with Crippen LogP contribution in [0.15, 0.2) is 29.4 Å². The zero-order valence-electron chi connectivity index (χ0n) is 6.92. The fourth-order valence-corrected chi connectivity index (χ4v) is 1.13. The molecule has 0 saturated heterocycles. The molecule has 5 heteroatoms. The number of nitrogens with zero attached hydrogens (tertiary/aromatic N) is 2. The van der Waals surface area contributed by atoms with Gasteiger partial charge in [-0.2, -0.15) is 5.12 Å². The third-order valence-corrected chi connectivity index (χ3v) is 1.76. The zero-order chi connectivity index (χ0) is 9.68. The van der Waals surface area contributed by atoms with Gasteiger partial charge in [-0.15, -0.1) is 5.10 Å². The molecule has 1 aromatic rings. The van der Waals surface area contributed by atoms with Crippen LogP contribution in [0.2, 0.25) is 0 Å². The van der Waals surface area contributed by atoms with E-state index in [1.54, 1.807) is 5.37 Å². The smallest absolute Gasteiger partial charge is 0.108 e. The van der Waals surface area contributed by atoms with E-state index in [1.807, 2.05) is 24.3 Å². The molecule has 0 atom stereocenters. The minimum atomic E-state index is 0.721. The average Bonchev–Trinajstić information content (AvgIpc) is 2.18. The monoisotopic (exact) mass is 194 g/mol. The molecule has 1 aromatic carbocycles. The summed E-state index contributed by atoms with van der Waals surface area (Å²) in [4.78, 5) is 0. The van der Waals surface area contributed by atoms with Crippen LogP contribution in [0.1, 0.15) is 5.56 Å². The minimum Gasteiger partial charge on any atom is -0.388 e. The molecule has 0 saturated carbocycles. The van der Waals surface area contributed by atoms with Gasteiger partial charge in [-0.25, -0.2) is 5.84 Å². The second-order valence-electron chi connectivity index (χ2n) is 2.29. The molecule has 13 heavy (non-hydrogen) atoms.